The molecule has 0 saturated carbocycles. The Morgan fingerprint density at radius 1 is 0.322 bits per heavy atom. The lowest BCUT2D eigenvalue weighted by Crippen LogP contribution is -2.15. The van der Waals surface area contributed by atoms with E-state index in [1.807, 2.05) is 42.5 Å². The van der Waals surface area contributed by atoms with Crippen LogP contribution in [0, 0.1) is 0 Å². The molecule has 1 aliphatic heterocycles. The van der Waals surface area contributed by atoms with Crippen molar-refractivity contribution in [3.05, 3.63) is 199 Å². The summed E-state index contributed by atoms with van der Waals surface area (Å²) < 4.78 is 13.7. The van der Waals surface area contributed by atoms with Gasteiger partial charge in [-0.25, -0.2) is 15.0 Å². The molecule has 2 aliphatic rings. The summed E-state index contributed by atoms with van der Waals surface area (Å²) in [5.41, 5.74) is 13.7. The van der Waals surface area contributed by atoms with Crippen LogP contribution in [-0.2, 0) is 5.41 Å². The van der Waals surface area contributed by atoms with Gasteiger partial charge in [-0.1, -0.05) is 190 Å². The van der Waals surface area contributed by atoms with Crippen molar-refractivity contribution in [2.45, 2.75) is 19.3 Å². The van der Waals surface area contributed by atoms with E-state index in [0.717, 1.165) is 61.4 Å². The third-order valence-corrected chi connectivity index (χ3v) is 11.7. The fourth-order valence-electron chi connectivity index (χ4n) is 8.61. The van der Waals surface area contributed by atoms with Crippen molar-refractivity contribution < 1.29 is 9.47 Å². The Morgan fingerprint density at radius 2 is 0.780 bits per heavy atom. The number of hydrogen-bond acceptors (Lipinski definition) is 5. The smallest absolute Gasteiger partial charge is 0.178 e. The van der Waals surface area contributed by atoms with Gasteiger partial charge in [0.25, 0.3) is 0 Å². The summed E-state index contributed by atoms with van der Waals surface area (Å²) in [6.45, 7) is 4.54. The normalized spacial score (nSPS) is 13.0. The summed E-state index contributed by atoms with van der Waals surface area (Å²) in [6.07, 6.45) is 0. The molecule has 5 heteroatoms. The van der Waals surface area contributed by atoms with Gasteiger partial charge in [0.2, 0.25) is 0 Å². The first-order valence-electron chi connectivity index (χ1n) is 19.9. The van der Waals surface area contributed by atoms with Crippen LogP contribution in [0.1, 0.15) is 25.0 Å². The molecule has 0 bridgehead atoms. The van der Waals surface area contributed by atoms with Crippen molar-refractivity contribution >= 4 is 0 Å². The van der Waals surface area contributed by atoms with E-state index in [1.54, 1.807) is 0 Å². The zero-order chi connectivity index (χ0) is 39.5. The van der Waals surface area contributed by atoms with Crippen LogP contribution in [0.15, 0.2) is 188 Å². The monoisotopic (exact) mass is 759 g/mol. The van der Waals surface area contributed by atoms with E-state index in [4.69, 9.17) is 24.4 Å². The summed E-state index contributed by atoms with van der Waals surface area (Å²) in [5.74, 6) is 4.50. The fraction of sp³-hybridized carbons (Fsp3) is 0.0556. The molecular weight excluding hydrogens is 723 g/mol. The molecule has 1 aromatic heterocycles. The van der Waals surface area contributed by atoms with Gasteiger partial charge in [-0.15, -0.1) is 0 Å². The molecular formula is C54H37N3O2. The van der Waals surface area contributed by atoms with Crippen molar-refractivity contribution in [3.8, 4) is 102 Å². The predicted octanol–water partition coefficient (Wildman–Crippen LogP) is 14.1. The highest BCUT2D eigenvalue weighted by atomic mass is 16.6. The number of hydrogen-bond donors (Lipinski definition) is 0. The molecule has 2 heterocycles. The molecule has 59 heavy (non-hydrogen) atoms. The standard InChI is InChI=1S/C54H37N3O2/c1-54(2)44-22-12-11-20-43(44)48-45(54)32-33-47-50(48)59-46-23-13-21-41(49(46)58-47)40-18-9-10-19-42(40)53-56-51(38-28-24-36(25-29-38)34-14-5-3-6-15-34)55-52(57-53)39-30-26-37(27-31-39)35-16-7-4-8-17-35/h3-33H,1-2H3. The van der Waals surface area contributed by atoms with Gasteiger partial charge < -0.3 is 9.47 Å². The Hall–Kier alpha value is -7.63. The largest absolute Gasteiger partial charge is 0.449 e. The molecule has 0 N–H and O–H groups in total. The molecule has 0 unspecified atom stereocenters. The highest BCUT2D eigenvalue weighted by Gasteiger charge is 2.40. The molecule has 0 saturated heterocycles. The van der Waals surface area contributed by atoms with E-state index in [9.17, 15) is 0 Å². The minimum absolute atomic E-state index is 0.151. The van der Waals surface area contributed by atoms with Crippen molar-refractivity contribution in [3.63, 3.8) is 0 Å². The molecule has 0 spiro atoms. The second kappa shape index (κ2) is 13.8. The second-order valence-electron chi connectivity index (χ2n) is 15.6. The quantitative estimate of drug-likeness (QED) is 0.169. The summed E-state index contributed by atoms with van der Waals surface area (Å²) in [7, 11) is 0. The third kappa shape index (κ3) is 5.90. The molecule has 11 rings (SSSR count). The first-order valence-corrected chi connectivity index (χ1v) is 19.9. The van der Waals surface area contributed by atoms with Gasteiger partial charge >= 0.3 is 0 Å². The number of fused-ring (bicyclic) bond motifs is 6. The first-order chi connectivity index (χ1) is 29.0. The molecule has 0 fully saturated rings. The minimum Gasteiger partial charge on any atom is -0.449 e. The Kier molecular flexibility index (Phi) is 8.09. The topological polar surface area (TPSA) is 57.1 Å². The summed E-state index contributed by atoms with van der Waals surface area (Å²) >= 11 is 0. The van der Waals surface area contributed by atoms with Crippen LogP contribution < -0.4 is 9.47 Å². The predicted molar refractivity (Wildman–Crippen MR) is 237 cm³/mol. The summed E-state index contributed by atoms with van der Waals surface area (Å²) in [4.78, 5) is 15.5. The number of nitrogens with zero attached hydrogens (tertiary/aromatic N) is 3. The Balaban J connectivity index is 1.02. The zero-order valence-electron chi connectivity index (χ0n) is 32.6. The molecule has 0 atom stereocenters. The lowest BCUT2D eigenvalue weighted by atomic mass is 9.82. The highest BCUT2D eigenvalue weighted by Crippen LogP contribution is 2.59. The Bertz CT molecular complexity index is 2950. The van der Waals surface area contributed by atoms with Crippen LogP contribution in [0.5, 0.6) is 23.0 Å². The first kappa shape index (κ1) is 34.6. The minimum atomic E-state index is -0.151. The number of benzene rings is 8. The molecule has 1 aliphatic carbocycles. The summed E-state index contributed by atoms with van der Waals surface area (Å²) in [6, 6.07) is 64.7. The molecule has 280 valence electrons. The van der Waals surface area contributed by atoms with Crippen molar-refractivity contribution in [1.82, 2.24) is 15.0 Å². The van der Waals surface area contributed by atoms with Gasteiger partial charge in [-0.3, -0.25) is 0 Å². The number of rotatable bonds is 6. The van der Waals surface area contributed by atoms with Crippen LogP contribution in [0.4, 0.5) is 0 Å². The van der Waals surface area contributed by atoms with Gasteiger partial charge in [0, 0.05) is 33.2 Å². The lowest BCUT2D eigenvalue weighted by molar-refractivity contribution is 0.361. The third-order valence-electron chi connectivity index (χ3n) is 11.7. The van der Waals surface area contributed by atoms with Crippen LogP contribution in [0.3, 0.4) is 0 Å². The van der Waals surface area contributed by atoms with E-state index in [-0.39, 0.29) is 5.41 Å². The number of aromatic nitrogens is 3. The molecule has 8 aromatic carbocycles. The van der Waals surface area contributed by atoms with E-state index >= 15 is 0 Å². The SMILES string of the molecule is CC1(C)c2ccccc2-c2c1ccc1c2Oc2cccc(-c3ccccc3-c3nc(-c4ccc(-c5ccccc5)cc4)nc(-c4ccc(-c5ccccc5)cc4)n3)c2O1. The molecule has 9 aromatic rings. The maximum absolute atomic E-state index is 6.87. The van der Waals surface area contributed by atoms with E-state index in [1.165, 1.54) is 16.7 Å². The second-order valence-corrected chi connectivity index (χ2v) is 15.6. The number of ether oxygens (including phenoxy) is 2. The number of para-hydroxylation sites is 1. The van der Waals surface area contributed by atoms with Gasteiger partial charge in [-0.2, -0.15) is 0 Å². The maximum atomic E-state index is 6.87. The van der Waals surface area contributed by atoms with E-state index in [2.05, 4.69) is 159 Å². The average molecular weight is 760 g/mol. The van der Waals surface area contributed by atoms with Crippen molar-refractivity contribution in [2.75, 3.05) is 0 Å². The Morgan fingerprint density at radius 3 is 1.41 bits per heavy atom. The van der Waals surface area contributed by atoms with Crippen molar-refractivity contribution in [1.29, 1.82) is 0 Å². The van der Waals surface area contributed by atoms with Crippen LogP contribution in [0.25, 0.3) is 78.7 Å². The highest BCUT2D eigenvalue weighted by molar-refractivity contribution is 5.90. The van der Waals surface area contributed by atoms with Crippen LogP contribution in [-0.4, -0.2) is 15.0 Å². The van der Waals surface area contributed by atoms with Gasteiger partial charge in [0.1, 0.15) is 0 Å². The summed E-state index contributed by atoms with van der Waals surface area (Å²) in [5, 5.41) is 0. The zero-order valence-corrected chi connectivity index (χ0v) is 32.6. The van der Waals surface area contributed by atoms with Gasteiger partial charge in [0.05, 0.1) is 0 Å². The Labute approximate surface area is 343 Å². The molecule has 5 nitrogen and oxygen atoms in total. The average Bonchev–Trinajstić information content (AvgIpc) is 3.54. The molecule has 0 amide bonds. The lowest BCUT2D eigenvalue weighted by Gasteiger charge is -2.26. The maximum Gasteiger partial charge on any atom is 0.178 e. The van der Waals surface area contributed by atoms with E-state index < -0.39 is 0 Å². The van der Waals surface area contributed by atoms with Gasteiger partial charge in [0.15, 0.2) is 40.5 Å². The van der Waals surface area contributed by atoms with E-state index in [0.29, 0.717) is 34.7 Å². The van der Waals surface area contributed by atoms with Gasteiger partial charge in [-0.05, 0) is 56.6 Å². The van der Waals surface area contributed by atoms with Crippen LogP contribution >= 0.6 is 0 Å². The fourth-order valence-corrected chi connectivity index (χ4v) is 8.61. The molecule has 0 radical (unpaired) electrons. The van der Waals surface area contributed by atoms with Crippen molar-refractivity contribution in [2.24, 2.45) is 0 Å². The van der Waals surface area contributed by atoms with Crippen LogP contribution in [0.2, 0.25) is 0 Å².